The molecule has 24 heavy (non-hydrogen) atoms. The summed E-state index contributed by atoms with van der Waals surface area (Å²) in [7, 11) is -3.99. The van der Waals surface area contributed by atoms with Crippen molar-refractivity contribution in [2.45, 2.75) is 45.1 Å². The van der Waals surface area contributed by atoms with Gasteiger partial charge >= 0.3 is 5.97 Å². The first-order valence-corrected chi connectivity index (χ1v) is 9.34. The largest absolute Gasteiger partial charge is 0.490 e. The fraction of sp³-hybridized carbons (Fsp3) is 0.562. The highest BCUT2D eigenvalue weighted by Crippen LogP contribution is 2.30. The molecule has 0 saturated carbocycles. The molecule has 2 N–H and O–H groups in total. The standard InChI is InChI=1S/C16H25NO6S/c1-5-22-14-8-7-12(10-15(14)23-6-2)24(20,21)17-13(16(18)19)9-11(3)4/h7-8,10-11,13,17H,5-6,9H2,1-4H3,(H,18,19)/t13-/m0/s1. The molecule has 0 spiro atoms. The molecule has 0 aliphatic heterocycles. The van der Waals surface area contributed by atoms with Crippen molar-refractivity contribution in [3.63, 3.8) is 0 Å². The van der Waals surface area contributed by atoms with Crippen molar-refractivity contribution >= 4 is 16.0 Å². The van der Waals surface area contributed by atoms with E-state index in [1.807, 2.05) is 20.8 Å². The van der Waals surface area contributed by atoms with E-state index in [1.165, 1.54) is 18.2 Å². The SMILES string of the molecule is CCOc1ccc(S(=O)(=O)N[C@@H](CC(C)C)C(=O)O)cc1OCC. The van der Waals surface area contributed by atoms with Crippen molar-refractivity contribution in [2.75, 3.05) is 13.2 Å². The molecule has 0 aliphatic rings. The van der Waals surface area contributed by atoms with Crippen LogP contribution in [0.1, 0.15) is 34.1 Å². The number of ether oxygens (including phenoxy) is 2. The summed E-state index contributed by atoms with van der Waals surface area (Å²) in [6.45, 7) is 8.01. The average molecular weight is 359 g/mol. The minimum Gasteiger partial charge on any atom is -0.490 e. The van der Waals surface area contributed by atoms with Crippen molar-refractivity contribution < 1.29 is 27.8 Å². The quantitative estimate of drug-likeness (QED) is 0.664. The van der Waals surface area contributed by atoms with Crippen LogP contribution in [0.15, 0.2) is 23.1 Å². The van der Waals surface area contributed by atoms with Crippen LogP contribution in [0.4, 0.5) is 0 Å². The van der Waals surface area contributed by atoms with Crippen LogP contribution in [0.5, 0.6) is 11.5 Å². The lowest BCUT2D eigenvalue weighted by Gasteiger charge is -2.17. The molecule has 1 aromatic rings. The van der Waals surface area contributed by atoms with Crippen LogP contribution in [-0.2, 0) is 14.8 Å². The minimum atomic E-state index is -3.99. The Hall–Kier alpha value is -1.80. The molecule has 0 bridgehead atoms. The van der Waals surface area contributed by atoms with Gasteiger partial charge in [0.1, 0.15) is 6.04 Å². The van der Waals surface area contributed by atoms with Crippen LogP contribution < -0.4 is 14.2 Å². The summed E-state index contributed by atoms with van der Waals surface area (Å²) in [5.74, 6) is -0.426. The van der Waals surface area contributed by atoms with Gasteiger partial charge in [0.2, 0.25) is 10.0 Å². The van der Waals surface area contributed by atoms with Crippen molar-refractivity contribution in [1.82, 2.24) is 4.72 Å². The smallest absolute Gasteiger partial charge is 0.321 e. The van der Waals surface area contributed by atoms with Gasteiger partial charge in [-0.3, -0.25) is 4.79 Å². The van der Waals surface area contributed by atoms with Crippen molar-refractivity contribution in [3.8, 4) is 11.5 Å². The van der Waals surface area contributed by atoms with Gasteiger partial charge in [0.25, 0.3) is 0 Å². The van der Waals surface area contributed by atoms with Crippen LogP contribution in [-0.4, -0.2) is 38.7 Å². The predicted octanol–water partition coefficient (Wildman–Crippen LogP) is 2.26. The molecule has 136 valence electrons. The number of hydrogen-bond donors (Lipinski definition) is 2. The molecule has 0 heterocycles. The van der Waals surface area contributed by atoms with Gasteiger partial charge in [-0.25, -0.2) is 8.42 Å². The summed E-state index contributed by atoms with van der Waals surface area (Å²) in [6, 6.07) is 3.02. The summed E-state index contributed by atoms with van der Waals surface area (Å²) < 4.78 is 38.0. The van der Waals surface area contributed by atoms with Gasteiger partial charge in [-0.2, -0.15) is 4.72 Å². The van der Waals surface area contributed by atoms with Gasteiger partial charge in [-0.15, -0.1) is 0 Å². The van der Waals surface area contributed by atoms with Crippen LogP contribution in [0.3, 0.4) is 0 Å². The van der Waals surface area contributed by atoms with Crippen LogP contribution in [0.25, 0.3) is 0 Å². The fourth-order valence-corrected chi connectivity index (χ4v) is 3.34. The number of carbonyl (C=O) groups is 1. The molecule has 7 nitrogen and oxygen atoms in total. The first-order valence-electron chi connectivity index (χ1n) is 7.86. The maximum absolute atomic E-state index is 12.5. The van der Waals surface area contributed by atoms with Crippen LogP contribution >= 0.6 is 0 Å². The lowest BCUT2D eigenvalue weighted by Crippen LogP contribution is -2.41. The van der Waals surface area contributed by atoms with Crippen molar-refractivity contribution in [2.24, 2.45) is 5.92 Å². The Kier molecular flexibility index (Phi) is 7.50. The molecule has 0 unspecified atom stereocenters. The molecule has 0 amide bonds. The third-order valence-electron chi connectivity index (χ3n) is 3.13. The lowest BCUT2D eigenvalue weighted by atomic mass is 10.1. The van der Waals surface area contributed by atoms with Gasteiger partial charge in [-0.05, 0) is 38.3 Å². The third-order valence-corrected chi connectivity index (χ3v) is 4.60. The Morgan fingerprint density at radius 1 is 1.17 bits per heavy atom. The molecule has 8 heteroatoms. The van der Waals surface area contributed by atoms with Gasteiger partial charge in [0.15, 0.2) is 11.5 Å². The van der Waals surface area contributed by atoms with E-state index in [1.54, 1.807) is 6.92 Å². The summed E-state index contributed by atoms with van der Waals surface area (Å²) in [5, 5.41) is 9.21. The van der Waals surface area contributed by atoms with Gasteiger partial charge in [-0.1, -0.05) is 13.8 Å². The zero-order valence-electron chi connectivity index (χ0n) is 14.4. The van der Waals surface area contributed by atoms with E-state index < -0.39 is 22.0 Å². The number of carboxylic acids is 1. The normalized spacial score (nSPS) is 12.9. The second-order valence-corrected chi connectivity index (χ2v) is 7.33. The monoisotopic (exact) mass is 359 g/mol. The molecule has 0 fully saturated rings. The number of carboxylic acid groups (broad SMARTS) is 1. The Labute approximate surface area is 143 Å². The maximum atomic E-state index is 12.5. The van der Waals surface area contributed by atoms with E-state index >= 15 is 0 Å². The van der Waals surface area contributed by atoms with E-state index in [0.717, 1.165) is 0 Å². The fourth-order valence-electron chi connectivity index (χ4n) is 2.12. The van der Waals surface area contributed by atoms with Crippen LogP contribution in [0.2, 0.25) is 0 Å². The highest BCUT2D eigenvalue weighted by Gasteiger charge is 2.27. The van der Waals surface area contributed by atoms with Crippen molar-refractivity contribution in [3.05, 3.63) is 18.2 Å². The number of hydrogen-bond acceptors (Lipinski definition) is 5. The average Bonchev–Trinajstić information content (AvgIpc) is 2.48. The molecular weight excluding hydrogens is 334 g/mol. The Bertz CT molecular complexity index is 657. The van der Waals surface area contributed by atoms with E-state index in [9.17, 15) is 18.3 Å². The second-order valence-electron chi connectivity index (χ2n) is 5.62. The summed E-state index contributed by atoms with van der Waals surface area (Å²) in [5.41, 5.74) is 0. The van der Waals surface area contributed by atoms with E-state index in [-0.39, 0.29) is 17.2 Å². The highest BCUT2D eigenvalue weighted by atomic mass is 32.2. The third kappa shape index (κ3) is 5.68. The highest BCUT2D eigenvalue weighted by molar-refractivity contribution is 7.89. The zero-order valence-corrected chi connectivity index (χ0v) is 15.2. The number of sulfonamides is 1. The number of benzene rings is 1. The molecular formula is C16H25NO6S. The predicted molar refractivity (Wildman–Crippen MR) is 90.0 cm³/mol. The lowest BCUT2D eigenvalue weighted by molar-refractivity contribution is -0.139. The molecule has 0 radical (unpaired) electrons. The molecule has 1 aromatic carbocycles. The molecule has 1 atom stereocenters. The second kappa shape index (κ2) is 8.89. The maximum Gasteiger partial charge on any atom is 0.321 e. The Balaban J connectivity index is 3.12. The number of nitrogens with one attached hydrogen (secondary N) is 1. The summed E-state index contributed by atoms with van der Waals surface area (Å²) in [6.07, 6.45) is 0.198. The van der Waals surface area contributed by atoms with Crippen LogP contribution in [0, 0.1) is 5.92 Å². The Morgan fingerprint density at radius 3 is 2.25 bits per heavy atom. The van der Waals surface area contributed by atoms with E-state index in [0.29, 0.717) is 24.7 Å². The Morgan fingerprint density at radius 2 is 1.75 bits per heavy atom. The van der Waals surface area contributed by atoms with E-state index in [4.69, 9.17) is 9.47 Å². The first-order chi connectivity index (χ1) is 11.2. The summed E-state index contributed by atoms with van der Waals surface area (Å²) in [4.78, 5) is 11.2. The molecule has 1 rings (SSSR count). The van der Waals surface area contributed by atoms with E-state index in [2.05, 4.69) is 4.72 Å². The summed E-state index contributed by atoms with van der Waals surface area (Å²) >= 11 is 0. The number of aliphatic carboxylic acids is 1. The molecule has 0 aromatic heterocycles. The molecule has 0 aliphatic carbocycles. The van der Waals surface area contributed by atoms with Gasteiger partial charge in [0, 0.05) is 6.07 Å². The number of rotatable bonds is 10. The van der Waals surface area contributed by atoms with Crippen molar-refractivity contribution in [1.29, 1.82) is 0 Å². The zero-order chi connectivity index (χ0) is 18.3. The van der Waals surface area contributed by atoms with Gasteiger partial charge < -0.3 is 14.6 Å². The minimum absolute atomic E-state index is 0.0353. The van der Waals surface area contributed by atoms with Gasteiger partial charge in [0.05, 0.1) is 18.1 Å². The topological polar surface area (TPSA) is 102 Å². The molecule has 0 saturated heterocycles. The first kappa shape index (κ1) is 20.2.